The highest BCUT2D eigenvalue weighted by Crippen LogP contribution is 2.34. The van der Waals surface area contributed by atoms with Gasteiger partial charge in [0.1, 0.15) is 0 Å². The quantitative estimate of drug-likeness (QED) is 0.701. The lowest BCUT2D eigenvalue weighted by Gasteiger charge is -2.30. The predicted molar refractivity (Wildman–Crippen MR) is 57.1 cm³/mol. The van der Waals surface area contributed by atoms with Crippen molar-refractivity contribution in [2.45, 2.75) is 39.0 Å². The van der Waals surface area contributed by atoms with Gasteiger partial charge in [0.25, 0.3) is 0 Å². The molecule has 1 N–H and O–H groups in total. The molecule has 0 amide bonds. The van der Waals surface area contributed by atoms with Gasteiger partial charge < -0.3 is 5.11 Å². The number of aliphatic carboxylic acids is 1. The molecule has 2 nitrogen and oxygen atoms in total. The first-order valence-corrected chi connectivity index (χ1v) is 5.52. The Balaban J connectivity index is 2.59. The second kappa shape index (κ2) is 5.18. The summed E-state index contributed by atoms with van der Waals surface area (Å²) in [4.78, 5) is 10.9. The fourth-order valence-electron chi connectivity index (χ4n) is 2.49. The van der Waals surface area contributed by atoms with E-state index in [0.29, 0.717) is 5.92 Å². The summed E-state index contributed by atoms with van der Waals surface area (Å²) >= 11 is 0. The zero-order valence-corrected chi connectivity index (χ0v) is 8.91. The molecule has 80 valence electrons. The van der Waals surface area contributed by atoms with Gasteiger partial charge in [0.05, 0.1) is 5.92 Å². The molecule has 0 spiro atoms. The van der Waals surface area contributed by atoms with Crippen molar-refractivity contribution in [1.82, 2.24) is 0 Å². The lowest BCUT2D eigenvalue weighted by molar-refractivity contribution is -0.143. The Bertz CT molecular complexity index is 204. The molecule has 2 heteroatoms. The van der Waals surface area contributed by atoms with Gasteiger partial charge in [0, 0.05) is 0 Å². The fourth-order valence-corrected chi connectivity index (χ4v) is 2.49. The third-order valence-corrected chi connectivity index (χ3v) is 3.43. The Morgan fingerprint density at radius 2 is 2.00 bits per heavy atom. The van der Waals surface area contributed by atoms with Crippen LogP contribution in [0.5, 0.6) is 0 Å². The van der Waals surface area contributed by atoms with Gasteiger partial charge >= 0.3 is 5.97 Å². The van der Waals surface area contributed by atoms with E-state index in [4.69, 9.17) is 5.11 Å². The van der Waals surface area contributed by atoms with Gasteiger partial charge in [0.15, 0.2) is 0 Å². The van der Waals surface area contributed by atoms with Gasteiger partial charge in [-0.15, -0.1) is 6.58 Å². The highest BCUT2D eigenvalue weighted by atomic mass is 16.4. The van der Waals surface area contributed by atoms with Crippen LogP contribution in [0.3, 0.4) is 0 Å². The molecule has 0 saturated heterocycles. The van der Waals surface area contributed by atoms with Crippen LogP contribution >= 0.6 is 0 Å². The summed E-state index contributed by atoms with van der Waals surface area (Å²) in [5, 5.41) is 8.97. The maximum Gasteiger partial charge on any atom is 0.306 e. The van der Waals surface area contributed by atoms with Crippen molar-refractivity contribution in [3.8, 4) is 0 Å². The zero-order chi connectivity index (χ0) is 10.6. The topological polar surface area (TPSA) is 37.3 Å². The largest absolute Gasteiger partial charge is 0.481 e. The summed E-state index contributed by atoms with van der Waals surface area (Å²) in [5.74, 6) is -0.267. The monoisotopic (exact) mass is 196 g/mol. The SMILES string of the molecule is C=CC(C1CCCCC1)C(C)C(=O)O. The smallest absolute Gasteiger partial charge is 0.306 e. The normalized spacial score (nSPS) is 22.6. The fraction of sp³-hybridized carbons (Fsp3) is 0.750. The number of allylic oxidation sites excluding steroid dienone is 1. The summed E-state index contributed by atoms with van der Waals surface area (Å²) in [6.07, 6.45) is 8.00. The summed E-state index contributed by atoms with van der Waals surface area (Å²) in [5.41, 5.74) is 0. The predicted octanol–water partition coefficient (Wildman–Crippen LogP) is 3.09. The highest BCUT2D eigenvalue weighted by molar-refractivity contribution is 5.70. The second-order valence-corrected chi connectivity index (χ2v) is 4.34. The van der Waals surface area contributed by atoms with E-state index in [1.165, 1.54) is 32.1 Å². The maximum absolute atomic E-state index is 10.9. The van der Waals surface area contributed by atoms with Gasteiger partial charge in [-0.3, -0.25) is 4.79 Å². The molecular formula is C12H20O2. The molecule has 1 saturated carbocycles. The van der Waals surface area contributed by atoms with E-state index in [1.807, 2.05) is 6.08 Å². The Hall–Kier alpha value is -0.790. The molecule has 1 fully saturated rings. The molecule has 0 heterocycles. The molecule has 0 aromatic heterocycles. The number of hydrogen-bond acceptors (Lipinski definition) is 1. The van der Waals surface area contributed by atoms with Crippen LogP contribution in [0.15, 0.2) is 12.7 Å². The van der Waals surface area contributed by atoms with E-state index in [2.05, 4.69) is 6.58 Å². The molecule has 1 rings (SSSR count). The molecule has 0 aromatic rings. The van der Waals surface area contributed by atoms with Crippen LogP contribution in [0.2, 0.25) is 0 Å². The van der Waals surface area contributed by atoms with E-state index < -0.39 is 5.97 Å². The van der Waals surface area contributed by atoms with Crippen LogP contribution in [0.4, 0.5) is 0 Å². The summed E-state index contributed by atoms with van der Waals surface area (Å²) in [6, 6.07) is 0. The maximum atomic E-state index is 10.9. The lowest BCUT2D eigenvalue weighted by Crippen LogP contribution is -2.27. The van der Waals surface area contributed by atoms with E-state index in [-0.39, 0.29) is 11.8 Å². The lowest BCUT2D eigenvalue weighted by atomic mass is 9.75. The van der Waals surface area contributed by atoms with Crippen molar-refractivity contribution < 1.29 is 9.90 Å². The zero-order valence-electron chi connectivity index (χ0n) is 8.91. The van der Waals surface area contributed by atoms with Gasteiger partial charge in [-0.05, 0) is 24.7 Å². The first-order chi connectivity index (χ1) is 6.66. The first-order valence-electron chi connectivity index (χ1n) is 5.52. The number of carbonyl (C=O) groups is 1. The van der Waals surface area contributed by atoms with Gasteiger partial charge in [-0.2, -0.15) is 0 Å². The molecule has 1 aliphatic rings. The summed E-state index contributed by atoms with van der Waals surface area (Å²) in [7, 11) is 0. The average Bonchev–Trinajstić information content (AvgIpc) is 2.20. The molecule has 0 radical (unpaired) electrons. The van der Waals surface area contributed by atoms with Gasteiger partial charge in [-0.1, -0.05) is 32.3 Å². The molecule has 1 aliphatic carbocycles. The Morgan fingerprint density at radius 1 is 1.43 bits per heavy atom. The molecule has 2 atom stereocenters. The minimum Gasteiger partial charge on any atom is -0.481 e. The average molecular weight is 196 g/mol. The third-order valence-electron chi connectivity index (χ3n) is 3.43. The molecule has 0 aliphatic heterocycles. The number of rotatable bonds is 4. The molecular weight excluding hydrogens is 176 g/mol. The standard InChI is InChI=1S/C12H20O2/c1-3-11(9(2)12(13)14)10-7-5-4-6-8-10/h3,9-11H,1,4-8H2,2H3,(H,13,14). The third kappa shape index (κ3) is 2.60. The van der Waals surface area contributed by atoms with Crippen molar-refractivity contribution in [2.75, 3.05) is 0 Å². The van der Waals surface area contributed by atoms with Crippen LogP contribution in [0, 0.1) is 17.8 Å². The van der Waals surface area contributed by atoms with Gasteiger partial charge in [0.2, 0.25) is 0 Å². The molecule has 2 unspecified atom stereocenters. The number of hydrogen-bond donors (Lipinski definition) is 1. The summed E-state index contributed by atoms with van der Waals surface area (Å²) in [6.45, 7) is 5.57. The van der Waals surface area contributed by atoms with Crippen molar-refractivity contribution in [3.63, 3.8) is 0 Å². The van der Waals surface area contributed by atoms with Crippen LogP contribution in [-0.4, -0.2) is 11.1 Å². The highest BCUT2D eigenvalue weighted by Gasteiger charge is 2.29. The van der Waals surface area contributed by atoms with Crippen molar-refractivity contribution in [1.29, 1.82) is 0 Å². The molecule has 0 aromatic carbocycles. The van der Waals surface area contributed by atoms with Crippen molar-refractivity contribution in [2.24, 2.45) is 17.8 Å². The second-order valence-electron chi connectivity index (χ2n) is 4.34. The van der Waals surface area contributed by atoms with E-state index in [0.717, 1.165) is 0 Å². The Labute approximate surface area is 86.0 Å². The van der Waals surface area contributed by atoms with Crippen LogP contribution < -0.4 is 0 Å². The van der Waals surface area contributed by atoms with Crippen LogP contribution in [-0.2, 0) is 4.79 Å². The molecule has 14 heavy (non-hydrogen) atoms. The van der Waals surface area contributed by atoms with E-state index in [1.54, 1.807) is 6.92 Å². The number of carboxylic acid groups (broad SMARTS) is 1. The minimum atomic E-state index is -0.694. The first kappa shape index (κ1) is 11.3. The molecule has 0 bridgehead atoms. The van der Waals surface area contributed by atoms with Crippen LogP contribution in [0.25, 0.3) is 0 Å². The Morgan fingerprint density at radius 3 is 2.43 bits per heavy atom. The minimum absolute atomic E-state index is 0.160. The Kier molecular flexibility index (Phi) is 4.18. The van der Waals surface area contributed by atoms with Crippen molar-refractivity contribution >= 4 is 5.97 Å². The van der Waals surface area contributed by atoms with Crippen molar-refractivity contribution in [3.05, 3.63) is 12.7 Å². The summed E-state index contributed by atoms with van der Waals surface area (Å²) < 4.78 is 0. The van der Waals surface area contributed by atoms with E-state index in [9.17, 15) is 4.79 Å². The number of carboxylic acids is 1. The van der Waals surface area contributed by atoms with Crippen LogP contribution in [0.1, 0.15) is 39.0 Å². The van der Waals surface area contributed by atoms with Gasteiger partial charge in [-0.25, -0.2) is 0 Å². The van der Waals surface area contributed by atoms with E-state index >= 15 is 0 Å².